The van der Waals surface area contributed by atoms with Crippen molar-refractivity contribution >= 4 is 23.4 Å². The van der Waals surface area contributed by atoms with E-state index in [1.807, 2.05) is 0 Å². The van der Waals surface area contributed by atoms with Crippen molar-refractivity contribution in [1.29, 1.82) is 0 Å². The molecule has 1 saturated carbocycles. The van der Waals surface area contributed by atoms with Gasteiger partial charge >= 0.3 is 6.09 Å². The van der Waals surface area contributed by atoms with Crippen molar-refractivity contribution in [2.45, 2.75) is 24.6 Å². The number of halogens is 2. The molecule has 0 aliphatic heterocycles. The molecule has 3 rings (SSSR count). The zero-order valence-corrected chi connectivity index (χ0v) is 13.5. The van der Waals surface area contributed by atoms with E-state index in [0.717, 1.165) is 6.20 Å². The number of aromatic nitrogens is 1. The number of carboxylic acid groups (broad SMARTS) is 1. The van der Waals surface area contributed by atoms with Crippen LogP contribution in [0.4, 0.5) is 14.9 Å². The molecule has 0 saturated heterocycles. The van der Waals surface area contributed by atoms with Crippen molar-refractivity contribution in [3.05, 3.63) is 57.2 Å². The van der Waals surface area contributed by atoms with Gasteiger partial charge in [0.1, 0.15) is 12.4 Å². The third-order valence-electron chi connectivity index (χ3n) is 4.23. The van der Waals surface area contributed by atoms with Crippen LogP contribution in [0, 0.1) is 10.1 Å². The fourth-order valence-electron chi connectivity index (χ4n) is 3.00. The molecule has 2 N–H and O–H groups in total. The van der Waals surface area contributed by atoms with Crippen LogP contribution in [-0.4, -0.2) is 27.3 Å². The number of hydrogen-bond acceptors (Lipinski definition) is 4. The maximum atomic E-state index is 13.3. The molecule has 0 spiro atoms. The van der Waals surface area contributed by atoms with Gasteiger partial charge in [-0.25, -0.2) is 14.2 Å². The summed E-state index contributed by atoms with van der Waals surface area (Å²) in [6.07, 6.45) is -0.986. The molecule has 1 fully saturated rings. The van der Waals surface area contributed by atoms with E-state index in [4.69, 9.17) is 16.7 Å². The quantitative estimate of drug-likeness (QED) is 0.631. The highest BCUT2D eigenvalue weighted by Crippen LogP contribution is 2.43. The molecule has 0 atom stereocenters. The second-order valence-corrected chi connectivity index (χ2v) is 6.28. The van der Waals surface area contributed by atoms with Gasteiger partial charge in [-0.05, 0) is 5.56 Å². The summed E-state index contributed by atoms with van der Waals surface area (Å²) in [7, 11) is 0. The second kappa shape index (κ2) is 6.29. The topological polar surface area (TPSA) is 105 Å². The Kier molecular flexibility index (Phi) is 4.30. The minimum absolute atomic E-state index is 0.0786. The first kappa shape index (κ1) is 17.1. The van der Waals surface area contributed by atoms with Gasteiger partial charge in [0.2, 0.25) is 0 Å². The molecule has 0 radical (unpaired) electrons. The Labute approximate surface area is 146 Å². The van der Waals surface area contributed by atoms with E-state index >= 15 is 0 Å². The van der Waals surface area contributed by atoms with Crippen LogP contribution in [0.15, 0.2) is 36.5 Å². The number of nitrogens with one attached hydrogen (secondary N) is 1. The molecule has 2 aromatic rings. The standard InChI is InChI=1S/C16H13ClFN3O4/c17-13-5-12(21(24)25)8-19-14(13)9-1-3-10(4-2-9)16(20-15(22)23)6-11(18)7-16/h1-5,8,11,20H,6-7H2,(H,22,23). The van der Waals surface area contributed by atoms with Crippen molar-refractivity contribution in [3.8, 4) is 11.3 Å². The van der Waals surface area contributed by atoms with E-state index in [1.165, 1.54) is 6.07 Å². The number of rotatable bonds is 4. The Morgan fingerprint density at radius 2 is 2.04 bits per heavy atom. The average molecular weight is 366 g/mol. The van der Waals surface area contributed by atoms with Crippen molar-refractivity contribution in [3.63, 3.8) is 0 Å². The monoisotopic (exact) mass is 365 g/mol. The normalized spacial score (nSPS) is 22.1. The third kappa shape index (κ3) is 3.25. The molecule has 1 heterocycles. The van der Waals surface area contributed by atoms with E-state index in [2.05, 4.69) is 10.3 Å². The summed E-state index contributed by atoms with van der Waals surface area (Å²) >= 11 is 6.06. The van der Waals surface area contributed by atoms with Gasteiger partial charge in [-0.3, -0.25) is 10.1 Å². The van der Waals surface area contributed by atoms with E-state index < -0.39 is 22.7 Å². The molecule has 1 aliphatic carbocycles. The highest BCUT2D eigenvalue weighted by atomic mass is 35.5. The lowest BCUT2D eigenvalue weighted by Gasteiger charge is -2.44. The molecule has 130 valence electrons. The lowest BCUT2D eigenvalue weighted by atomic mass is 9.70. The van der Waals surface area contributed by atoms with Gasteiger partial charge in [0.05, 0.1) is 21.2 Å². The zero-order valence-electron chi connectivity index (χ0n) is 12.8. The molecule has 9 heteroatoms. The molecule has 0 unspecified atom stereocenters. The number of hydrogen-bond donors (Lipinski definition) is 2. The van der Waals surface area contributed by atoms with E-state index in [0.29, 0.717) is 16.8 Å². The maximum absolute atomic E-state index is 13.3. The summed E-state index contributed by atoms with van der Waals surface area (Å²) in [6, 6.07) is 7.91. The van der Waals surface area contributed by atoms with Crippen LogP contribution < -0.4 is 5.32 Å². The Morgan fingerprint density at radius 3 is 2.52 bits per heavy atom. The van der Waals surface area contributed by atoms with E-state index in [-0.39, 0.29) is 23.6 Å². The molecular weight excluding hydrogens is 353 g/mol. The number of nitro groups is 1. The number of alkyl halides is 1. The van der Waals surface area contributed by atoms with Crippen LogP contribution in [0.3, 0.4) is 0 Å². The lowest BCUT2D eigenvalue weighted by Crippen LogP contribution is -2.55. The molecule has 1 aliphatic rings. The summed E-state index contributed by atoms with van der Waals surface area (Å²) < 4.78 is 13.3. The predicted octanol–water partition coefficient (Wildman–Crippen LogP) is 3.91. The number of amides is 1. The predicted molar refractivity (Wildman–Crippen MR) is 88.3 cm³/mol. The van der Waals surface area contributed by atoms with E-state index in [9.17, 15) is 19.3 Å². The first-order chi connectivity index (χ1) is 11.8. The molecular formula is C16H13ClFN3O4. The van der Waals surface area contributed by atoms with Gasteiger partial charge in [-0.15, -0.1) is 0 Å². The van der Waals surface area contributed by atoms with E-state index in [1.54, 1.807) is 24.3 Å². The van der Waals surface area contributed by atoms with Crippen molar-refractivity contribution in [1.82, 2.24) is 10.3 Å². The highest BCUT2D eigenvalue weighted by molar-refractivity contribution is 6.33. The average Bonchev–Trinajstić information content (AvgIpc) is 2.52. The van der Waals surface area contributed by atoms with Crippen LogP contribution >= 0.6 is 11.6 Å². The van der Waals surface area contributed by atoms with Gasteiger partial charge in [0.25, 0.3) is 5.69 Å². The van der Waals surface area contributed by atoms with Crippen LogP contribution in [-0.2, 0) is 5.54 Å². The maximum Gasteiger partial charge on any atom is 0.405 e. The van der Waals surface area contributed by atoms with Gasteiger partial charge in [0.15, 0.2) is 0 Å². The highest BCUT2D eigenvalue weighted by Gasteiger charge is 2.47. The van der Waals surface area contributed by atoms with Gasteiger partial charge in [-0.1, -0.05) is 35.9 Å². The Balaban J connectivity index is 1.90. The fraction of sp³-hybridized carbons (Fsp3) is 0.250. The number of pyridine rings is 1. The van der Waals surface area contributed by atoms with Gasteiger partial charge < -0.3 is 10.4 Å². The Bertz CT molecular complexity index is 838. The molecule has 1 aromatic heterocycles. The number of nitrogens with zero attached hydrogens (tertiary/aromatic N) is 2. The first-order valence-electron chi connectivity index (χ1n) is 7.37. The SMILES string of the molecule is O=C(O)NC1(c2ccc(-c3ncc([N+](=O)[O-])cc3Cl)cc2)CC(F)C1. The Morgan fingerprint density at radius 1 is 1.40 bits per heavy atom. The summed E-state index contributed by atoms with van der Waals surface area (Å²) in [4.78, 5) is 25.1. The van der Waals surface area contributed by atoms with Crippen molar-refractivity contribution in [2.75, 3.05) is 0 Å². The first-order valence-corrected chi connectivity index (χ1v) is 7.74. The number of benzene rings is 1. The van der Waals surface area contributed by atoms with Crippen molar-refractivity contribution < 1.29 is 19.2 Å². The minimum atomic E-state index is -1.21. The molecule has 1 amide bonds. The van der Waals surface area contributed by atoms with Crippen LogP contribution in [0.25, 0.3) is 11.3 Å². The number of carbonyl (C=O) groups is 1. The molecule has 7 nitrogen and oxygen atoms in total. The van der Waals surface area contributed by atoms with Crippen molar-refractivity contribution in [2.24, 2.45) is 0 Å². The zero-order chi connectivity index (χ0) is 18.2. The minimum Gasteiger partial charge on any atom is -0.465 e. The third-order valence-corrected chi connectivity index (χ3v) is 4.52. The lowest BCUT2D eigenvalue weighted by molar-refractivity contribution is -0.385. The van der Waals surface area contributed by atoms with Crippen LogP contribution in [0.2, 0.25) is 5.02 Å². The van der Waals surface area contributed by atoms with Gasteiger partial charge in [-0.2, -0.15) is 0 Å². The molecule has 1 aromatic carbocycles. The smallest absolute Gasteiger partial charge is 0.405 e. The largest absolute Gasteiger partial charge is 0.465 e. The van der Waals surface area contributed by atoms with Gasteiger partial charge in [0, 0.05) is 24.5 Å². The fourth-order valence-corrected chi connectivity index (χ4v) is 3.27. The summed E-state index contributed by atoms with van der Waals surface area (Å²) in [6.45, 7) is 0. The molecule has 0 bridgehead atoms. The van der Waals surface area contributed by atoms with Crippen LogP contribution in [0.5, 0.6) is 0 Å². The summed E-state index contributed by atoms with van der Waals surface area (Å²) in [5.74, 6) is 0. The Hall–Kier alpha value is -2.74. The molecule has 25 heavy (non-hydrogen) atoms. The summed E-state index contributed by atoms with van der Waals surface area (Å²) in [5, 5.41) is 22.2. The second-order valence-electron chi connectivity index (χ2n) is 5.88. The summed E-state index contributed by atoms with van der Waals surface area (Å²) in [5.41, 5.74) is 0.488. The van der Waals surface area contributed by atoms with Crippen LogP contribution in [0.1, 0.15) is 18.4 Å².